The van der Waals surface area contributed by atoms with Gasteiger partial charge in [-0.1, -0.05) is 60.7 Å². The van der Waals surface area contributed by atoms with Crippen LogP contribution in [0.5, 0.6) is 0 Å². The molecule has 0 radical (unpaired) electrons. The molecule has 2 saturated heterocycles. The van der Waals surface area contributed by atoms with Gasteiger partial charge >= 0.3 is 11.9 Å². The maximum Gasteiger partial charge on any atom is 0.357 e. The van der Waals surface area contributed by atoms with Crippen LogP contribution in [0.15, 0.2) is 71.9 Å². The van der Waals surface area contributed by atoms with Crippen LogP contribution in [0.4, 0.5) is 0 Å². The Morgan fingerprint density at radius 2 is 1.54 bits per heavy atom. The number of nitrogens with zero attached hydrogens (tertiary/aromatic N) is 2. The van der Waals surface area contributed by atoms with Crippen molar-refractivity contribution in [3.05, 3.63) is 83.1 Å². The minimum Gasteiger partial charge on any atom is -0.464 e. The second kappa shape index (κ2) is 10.1. The Morgan fingerprint density at radius 1 is 0.943 bits per heavy atom. The van der Waals surface area contributed by atoms with Gasteiger partial charge in [0.2, 0.25) is 12.1 Å². The van der Waals surface area contributed by atoms with E-state index < -0.39 is 42.3 Å². The molecule has 2 aromatic rings. The molecule has 2 aliphatic heterocycles. The number of rotatable bonds is 7. The first-order valence-corrected chi connectivity index (χ1v) is 11.1. The number of fused-ring (bicyclic) bond motifs is 1. The fraction of sp³-hybridized carbons (Fsp3) is 0.308. The van der Waals surface area contributed by atoms with E-state index in [1.165, 1.54) is 7.11 Å². The van der Waals surface area contributed by atoms with Gasteiger partial charge in [0.05, 0.1) is 13.5 Å². The quantitative estimate of drug-likeness (QED) is 0.341. The van der Waals surface area contributed by atoms with E-state index in [4.69, 9.17) is 14.2 Å². The Labute approximate surface area is 202 Å². The summed E-state index contributed by atoms with van der Waals surface area (Å²) in [5.74, 6) is -2.50. The lowest BCUT2D eigenvalue weighted by Gasteiger charge is -2.43. The van der Waals surface area contributed by atoms with E-state index in [9.17, 15) is 19.2 Å². The molecule has 2 heterocycles. The summed E-state index contributed by atoms with van der Waals surface area (Å²) in [6, 6.07) is 17.0. The van der Waals surface area contributed by atoms with Crippen LogP contribution in [0, 0.1) is 0 Å². The van der Waals surface area contributed by atoms with Crippen LogP contribution < -0.4 is 0 Å². The molecule has 182 valence electrons. The van der Waals surface area contributed by atoms with E-state index in [-0.39, 0.29) is 18.7 Å². The highest BCUT2D eigenvalue weighted by Crippen LogP contribution is 2.40. The van der Waals surface area contributed by atoms with Gasteiger partial charge in [0.1, 0.15) is 12.3 Å². The molecule has 35 heavy (non-hydrogen) atoms. The number of likely N-dealkylation sites (tertiary alicyclic amines) is 1. The van der Waals surface area contributed by atoms with Crippen molar-refractivity contribution < 1.29 is 33.4 Å². The van der Waals surface area contributed by atoms with Crippen molar-refractivity contribution >= 4 is 23.8 Å². The summed E-state index contributed by atoms with van der Waals surface area (Å²) in [4.78, 5) is 54.1. The van der Waals surface area contributed by atoms with Crippen LogP contribution >= 0.6 is 0 Å². The SMILES string of the molecule is COC(=O)C(=C(C)C)N1C(=O)C2C1OC(C(=O)OCc1ccccc1)N2C(=O)Cc1ccccc1. The maximum atomic E-state index is 13.3. The largest absolute Gasteiger partial charge is 0.464 e. The highest BCUT2D eigenvalue weighted by atomic mass is 16.6. The molecule has 2 aromatic carbocycles. The van der Waals surface area contributed by atoms with Crippen molar-refractivity contribution in [1.29, 1.82) is 0 Å². The van der Waals surface area contributed by atoms with Gasteiger partial charge in [-0.15, -0.1) is 0 Å². The lowest BCUT2D eigenvalue weighted by Crippen LogP contribution is -2.68. The van der Waals surface area contributed by atoms with Crippen LogP contribution in [0.1, 0.15) is 25.0 Å². The van der Waals surface area contributed by atoms with Crippen molar-refractivity contribution in [2.24, 2.45) is 0 Å². The van der Waals surface area contributed by atoms with Crippen LogP contribution in [0.3, 0.4) is 0 Å². The first-order valence-electron chi connectivity index (χ1n) is 11.1. The van der Waals surface area contributed by atoms with Gasteiger partial charge in [-0.3, -0.25) is 19.4 Å². The Hall–Kier alpha value is -3.98. The van der Waals surface area contributed by atoms with Gasteiger partial charge in [-0.25, -0.2) is 9.59 Å². The molecular weight excluding hydrogens is 452 g/mol. The first-order chi connectivity index (χ1) is 16.8. The van der Waals surface area contributed by atoms with Crippen molar-refractivity contribution in [2.45, 2.75) is 45.4 Å². The summed E-state index contributed by atoms with van der Waals surface area (Å²) in [5.41, 5.74) is 2.04. The molecule has 0 saturated carbocycles. The topological polar surface area (TPSA) is 102 Å². The summed E-state index contributed by atoms with van der Waals surface area (Å²) < 4.78 is 16.1. The fourth-order valence-electron chi connectivity index (χ4n) is 4.18. The molecule has 0 aliphatic carbocycles. The number of esters is 2. The van der Waals surface area contributed by atoms with E-state index in [0.29, 0.717) is 5.57 Å². The highest BCUT2D eigenvalue weighted by molar-refractivity contribution is 6.03. The predicted molar refractivity (Wildman–Crippen MR) is 123 cm³/mol. The van der Waals surface area contributed by atoms with E-state index >= 15 is 0 Å². The molecule has 9 nitrogen and oxygen atoms in total. The zero-order valence-electron chi connectivity index (χ0n) is 19.7. The molecule has 3 atom stereocenters. The second-order valence-corrected chi connectivity index (χ2v) is 8.43. The number of hydrogen-bond acceptors (Lipinski definition) is 7. The van der Waals surface area contributed by atoms with E-state index in [2.05, 4.69) is 0 Å². The molecule has 2 fully saturated rings. The minimum atomic E-state index is -1.44. The van der Waals surface area contributed by atoms with Gasteiger partial charge in [0.25, 0.3) is 5.91 Å². The summed E-state index contributed by atoms with van der Waals surface area (Å²) in [6.45, 7) is 3.30. The van der Waals surface area contributed by atoms with Gasteiger partial charge < -0.3 is 14.2 Å². The molecule has 9 heteroatoms. The third-order valence-electron chi connectivity index (χ3n) is 5.84. The Kier molecular flexibility index (Phi) is 6.97. The lowest BCUT2D eigenvalue weighted by atomic mass is 10.00. The number of hydrogen-bond donors (Lipinski definition) is 0. The van der Waals surface area contributed by atoms with Crippen molar-refractivity contribution in [3.8, 4) is 0 Å². The zero-order chi connectivity index (χ0) is 25.1. The number of methoxy groups -OCH3 is 1. The summed E-state index contributed by atoms with van der Waals surface area (Å²) in [6.07, 6.45) is -2.48. The van der Waals surface area contributed by atoms with Crippen LogP contribution in [-0.4, -0.2) is 59.2 Å². The molecule has 2 amide bonds. The lowest BCUT2D eigenvalue weighted by molar-refractivity contribution is -0.176. The molecule has 4 rings (SSSR count). The van der Waals surface area contributed by atoms with E-state index in [1.807, 2.05) is 24.3 Å². The third-order valence-corrected chi connectivity index (χ3v) is 5.84. The number of benzene rings is 2. The van der Waals surface area contributed by atoms with Crippen LogP contribution in [0.25, 0.3) is 0 Å². The number of amides is 2. The van der Waals surface area contributed by atoms with Gasteiger partial charge in [0, 0.05) is 0 Å². The molecule has 0 bridgehead atoms. The Morgan fingerprint density at radius 3 is 2.11 bits per heavy atom. The van der Waals surface area contributed by atoms with E-state index in [1.54, 1.807) is 50.2 Å². The molecule has 3 unspecified atom stereocenters. The fourth-order valence-corrected chi connectivity index (χ4v) is 4.18. The summed E-state index contributed by atoms with van der Waals surface area (Å²) in [5, 5.41) is 0. The number of allylic oxidation sites excluding steroid dienone is 1. The Bertz CT molecular complexity index is 1160. The van der Waals surface area contributed by atoms with E-state index in [0.717, 1.165) is 20.9 Å². The second-order valence-electron chi connectivity index (χ2n) is 8.43. The molecular formula is C26H26N2O7. The Balaban J connectivity index is 1.60. The van der Waals surface area contributed by atoms with Gasteiger partial charge in [0.15, 0.2) is 12.3 Å². The maximum absolute atomic E-state index is 13.3. The minimum absolute atomic E-state index is 0.0192. The average Bonchev–Trinajstić information content (AvgIpc) is 3.22. The molecule has 0 N–H and O–H groups in total. The molecule has 0 spiro atoms. The number of carbonyl (C=O) groups excluding carboxylic acids is 4. The molecule has 2 aliphatic rings. The third kappa shape index (κ3) is 4.67. The number of ether oxygens (including phenoxy) is 3. The first kappa shape index (κ1) is 24.2. The van der Waals surface area contributed by atoms with Crippen LogP contribution in [0.2, 0.25) is 0 Å². The molecule has 0 aromatic heterocycles. The average molecular weight is 479 g/mol. The predicted octanol–water partition coefficient (Wildman–Crippen LogP) is 2.16. The highest BCUT2D eigenvalue weighted by Gasteiger charge is 2.64. The normalized spacial score (nSPS) is 20.5. The van der Waals surface area contributed by atoms with Crippen molar-refractivity contribution in [1.82, 2.24) is 9.80 Å². The number of β-lactam (4-membered cyclic amide) rings is 1. The van der Waals surface area contributed by atoms with Crippen molar-refractivity contribution in [2.75, 3.05) is 7.11 Å². The van der Waals surface area contributed by atoms with Crippen molar-refractivity contribution in [3.63, 3.8) is 0 Å². The standard InChI is InChI=1S/C26H26N2O7/c1-16(2)20(25(31)33-3)28-22(30)21-23(28)35-24(26(32)34-15-18-12-8-5-9-13-18)27(21)19(29)14-17-10-6-4-7-11-17/h4-13,21,23-24H,14-15H2,1-3H3. The summed E-state index contributed by atoms with van der Waals surface area (Å²) in [7, 11) is 1.21. The zero-order valence-corrected chi connectivity index (χ0v) is 19.7. The monoisotopic (exact) mass is 478 g/mol. The summed E-state index contributed by atoms with van der Waals surface area (Å²) >= 11 is 0. The van der Waals surface area contributed by atoms with Gasteiger partial charge in [-0.2, -0.15) is 0 Å². The van der Waals surface area contributed by atoms with Gasteiger partial charge in [-0.05, 0) is 30.5 Å². The number of carbonyl (C=O) groups is 4. The van der Waals surface area contributed by atoms with Crippen LogP contribution in [-0.2, 0) is 46.4 Å². The smallest absolute Gasteiger partial charge is 0.357 e.